The molecule has 0 fully saturated rings. The molecule has 0 aliphatic heterocycles. The van der Waals surface area contributed by atoms with E-state index in [1.807, 2.05) is 0 Å². The lowest BCUT2D eigenvalue weighted by molar-refractivity contribution is 0.0694. The van der Waals surface area contributed by atoms with E-state index in [2.05, 4.69) is 44.7 Å². The molecule has 16 heavy (non-hydrogen) atoms. The van der Waals surface area contributed by atoms with Crippen LogP contribution in [0.5, 0.6) is 0 Å². The van der Waals surface area contributed by atoms with Gasteiger partial charge < -0.3 is 0 Å². The van der Waals surface area contributed by atoms with E-state index in [-0.39, 0.29) is 0 Å². The highest BCUT2D eigenvalue weighted by molar-refractivity contribution is 4.69. The van der Waals surface area contributed by atoms with Crippen LogP contribution in [-0.4, -0.2) is 43.2 Å². The molecule has 98 valence electrons. The number of hydrogen-bond acceptors (Lipinski definition) is 2. The molecule has 0 amide bonds. The number of nitrogens with zero attached hydrogens (tertiary/aromatic N) is 2. The first-order valence-electron chi connectivity index (χ1n) is 7.07. The smallest absolute Gasteiger partial charge is 0.0617 e. The summed E-state index contributed by atoms with van der Waals surface area (Å²) in [5.41, 5.74) is 0. The standard InChI is InChI=1S/C14H32N2/c1-6-9-10-11-14(15(4)5)16(12-7-2)13-8-3/h14H,6-13H2,1-5H3. The molecule has 0 aliphatic carbocycles. The van der Waals surface area contributed by atoms with E-state index in [0.717, 1.165) is 0 Å². The van der Waals surface area contributed by atoms with Gasteiger partial charge in [0.15, 0.2) is 0 Å². The Kier molecular flexibility index (Phi) is 10.0. The van der Waals surface area contributed by atoms with Crippen molar-refractivity contribution >= 4 is 0 Å². The minimum absolute atomic E-state index is 0.645. The van der Waals surface area contributed by atoms with Crippen molar-refractivity contribution in [3.63, 3.8) is 0 Å². The molecular weight excluding hydrogens is 196 g/mol. The second-order valence-electron chi connectivity index (χ2n) is 4.98. The van der Waals surface area contributed by atoms with Gasteiger partial charge in [0.25, 0.3) is 0 Å². The van der Waals surface area contributed by atoms with E-state index in [9.17, 15) is 0 Å². The monoisotopic (exact) mass is 228 g/mol. The molecule has 0 heterocycles. The SMILES string of the molecule is CCCCCC(N(C)C)N(CCC)CCC. The second kappa shape index (κ2) is 10.1. The van der Waals surface area contributed by atoms with Crippen LogP contribution >= 0.6 is 0 Å². The first kappa shape index (κ1) is 15.9. The third kappa shape index (κ3) is 6.49. The molecule has 0 saturated carbocycles. The zero-order chi connectivity index (χ0) is 12.4. The number of rotatable bonds is 10. The lowest BCUT2D eigenvalue weighted by Crippen LogP contribution is -2.45. The van der Waals surface area contributed by atoms with Crippen LogP contribution in [0.1, 0.15) is 59.3 Å². The summed E-state index contributed by atoms with van der Waals surface area (Å²) in [4.78, 5) is 5.04. The molecule has 0 N–H and O–H groups in total. The van der Waals surface area contributed by atoms with Crippen molar-refractivity contribution in [1.82, 2.24) is 9.80 Å². The predicted molar refractivity (Wildman–Crippen MR) is 73.8 cm³/mol. The van der Waals surface area contributed by atoms with E-state index in [0.29, 0.717) is 6.17 Å². The van der Waals surface area contributed by atoms with Crippen LogP contribution in [0.2, 0.25) is 0 Å². The van der Waals surface area contributed by atoms with E-state index in [1.165, 1.54) is 51.6 Å². The number of unbranched alkanes of at least 4 members (excludes halogenated alkanes) is 2. The average Bonchev–Trinajstić information content (AvgIpc) is 2.24. The van der Waals surface area contributed by atoms with E-state index in [4.69, 9.17) is 0 Å². The molecule has 1 unspecified atom stereocenters. The van der Waals surface area contributed by atoms with Crippen LogP contribution in [0.4, 0.5) is 0 Å². The minimum Gasteiger partial charge on any atom is -0.294 e. The Bertz CT molecular complexity index is 140. The summed E-state index contributed by atoms with van der Waals surface area (Å²) in [5.74, 6) is 0. The Balaban J connectivity index is 4.20. The fourth-order valence-electron chi connectivity index (χ4n) is 2.33. The first-order chi connectivity index (χ1) is 7.67. The van der Waals surface area contributed by atoms with Crippen molar-refractivity contribution in [3.8, 4) is 0 Å². The van der Waals surface area contributed by atoms with Crippen LogP contribution in [-0.2, 0) is 0 Å². The van der Waals surface area contributed by atoms with Gasteiger partial charge in [0.1, 0.15) is 0 Å². The molecule has 0 aromatic rings. The maximum absolute atomic E-state index is 2.65. The van der Waals surface area contributed by atoms with Gasteiger partial charge >= 0.3 is 0 Å². The van der Waals surface area contributed by atoms with E-state index >= 15 is 0 Å². The van der Waals surface area contributed by atoms with Gasteiger partial charge in [-0.1, -0.05) is 40.0 Å². The van der Waals surface area contributed by atoms with Gasteiger partial charge in [0.2, 0.25) is 0 Å². The molecule has 2 heteroatoms. The molecule has 0 spiro atoms. The van der Waals surface area contributed by atoms with Crippen molar-refractivity contribution < 1.29 is 0 Å². The van der Waals surface area contributed by atoms with Gasteiger partial charge in [-0.25, -0.2) is 0 Å². The molecule has 1 atom stereocenters. The Morgan fingerprint density at radius 3 is 1.75 bits per heavy atom. The highest BCUT2D eigenvalue weighted by Crippen LogP contribution is 2.13. The lowest BCUT2D eigenvalue weighted by Gasteiger charge is -2.36. The lowest BCUT2D eigenvalue weighted by atomic mass is 10.1. The second-order valence-corrected chi connectivity index (χ2v) is 4.98. The largest absolute Gasteiger partial charge is 0.294 e. The predicted octanol–water partition coefficient (Wildman–Crippen LogP) is 3.58. The quantitative estimate of drug-likeness (QED) is 0.416. The molecule has 0 bridgehead atoms. The van der Waals surface area contributed by atoms with Gasteiger partial charge in [-0.05, 0) is 46.4 Å². The van der Waals surface area contributed by atoms with Crippen LogP contribution in [0, 0.1) is 0 Å². The first-order valence-corrected chi connectivity index (χ1v) is 7.07. The van der Waals surface area contributed by atoms with Crippen LogP contribution in [0.3, 0.4) is 0 Å². The number of hydrogen-bond donors (Lipinski definition) is 0. The van der Waals surface area contributed by atoms with Gasteiger partial charge in [0.05, 0.1) is 6.17 Å². The van der Waals surface area contributed by atoms with Gasteiger partial charge in [-0.15, -0.1) is 0 Å². The maximum Gasteiger partial charge on any atom is 0.0617 e. The molecule has 0 aromatic heterocycles. The molecule has 0 saturated heterocycles. The minimum atomic E-state index is 0.645. The maximum atomic E-state index is 2.65. The summed E-state index contributed by atoms with van der Waals surface area (Å²) in [6.45, 7) is 9.31. The molecule has 2 nitrogen and oxygen atoms in total. The fourth-order valence-corrected chi connectivity index (χ4v) is 2.33. The van der Waals surface area contributed by atoms with Gasteiger partial charge in [-0.3, -0.25) is 9.80 Å². The van der Waals surface area contributed by atoms with Crippen molar-refractivity contribution in [2.75, 3.05) is 27.2 Å². The summed E-state index contributed by atoms with van der Waals surface area (Å²) in [6.07, 6.45) is 8.55. The van der Waals surface area contributed by atoms with Crippen molar-refractivity contribution in [3.05, 3.63) is 0 Å². The fraction of sp³-hybridized carbons (Fsp3) is 1.00. The zero-order valence-corrected chi connectivity index (χ0v) is 12.1. The molecule has 0 aliphatic rings. The summed E-state index contributed by atoms with van der Waals surface area (Å²) >= 11 is 0. The summed E-state index contributed by atoms with van der Waals surface area (Å²) < 4.78 is 0. The van der Waals surface area contributed by atoms with Crippen LogP contribution in [0.25, 0.3) is 0 Å². The summed E-state index contributed by atoms with van der Waals surface area (Å²) in [6, 6.07) is 0. The summed E-state index contributed by atoms with van der Waals surface area (Å²) in [5, 5.41) is 0. The summed E-state index contributed by atoms with van der Waals surface area (Å²) in [7, 11) is 4.43. The molecule has 0 aromatic carbocycles. The van der Waals surface area contributed by atoms with Crippen LogP contribution in [0.15, 0.2) is 0 Å². The van der Waals surface area contributed by atoms with E-state index in [1.54, 1.807) is 0 Å². The molecular formula is C14H32N2. The highest BCUT2D eigenvalue weighted by atomic mass is 15.3. The third-order valence-electron chi connectivity index (χ3n) is 3.11. The van der Waals surface area contributed by atoms with Gasteiger partial charge in [-0.2, -0.15) is 0 Å². The van der Waals surface area contributed by atoms with Crippen molar-refractivity contribution in [1.29, 1.82) is 0 Å². The molecule has 0 radical (unpaired) electrons. The van der Waals surface area contributed by atoms with Crippen LogP contribution < -0.4 is 0 Å². The highest BCUT2D eigenvalue weighted by Gasteiger charge is 2.18. The Hall–Kier alpha value is -0.0800. The zero-order valence-electron chi connectivity index (χ0n) is 12.1. The average molecular weight is 228 g/mol. The molecule has 0 rings (SSSR count). The van der Waals surface area contributed by atoms with E-state index < -0.39 is 0 Å². The topological polar surface area (TPSA) is 6.48 Å². The van der Waals surface area contributed by atoms with Gasteiger partial charge in [0, 0.05) is 0 Å². The van der Waals surface area contributed by atoms with Crippen molar-refractivity contribution in [2.24, 2.45) is 0 Å². The Morgan fingerprint density at radius 1 is 0.812 bits per heavy atom. The normalized spacial score (nSPS) is 13.7. The Labute approximate surface area is 103 Å². The van der Waals surface area contributed by atoms with Crippen molar-refractivity contribution in [2.45, 2.75) is 65.5 Å². The third-order valence-corrected chi connectivity index (χ3v) is 3.11. The Morgan fingerprint density at radius 2 is 1.38 bits per heavy atom.